The van der Waals surface area contributed by atoms with Crippen LogP contribution in [0.5, 0.6) is 0 Å². The highest BCUT2D eigenvalue weighted by Crippen LogP contribution is 2.29. The first-order chi connectivity index (χ1) is 12.1. The Morgan fingerprint density at radius 2 is 1.48 bits per heavy atom. The number of amides is 1. The largest absolute Gasteiger partial charge is 0.322 e. The summed E-state index contributed by atoms with van der Waals surface area (Å²) in [5.41, 5.74) is 1.81. The van der Waals surface area contributed by atoms with Gasteiger partial charge in [-0.05, 0) is 17.7 Å². The third-order valence-electron chi connectivity index (χ3n) is 4.31. The van der Waals surface area contributed by atoms with E-state index in [-0.39, 0.29) is 5.91 Å². The molecule has 1 amide bonds. The summed E-state index contributed by atoms with van der Waals surface area (Å²) in [5.74, 6) is -0.0912. The van der Waals surface area contributed by atoms with E-state index in [1.807, 2.05) is 6.07 Å². The predicted molar refractivity (Wildman–Crippen MR) is 103 cm³/mol. The van der Waals surface area contributed by atoms with Crippen molar-refractivity contribution in [1.82, 2.24) is 9.80 Å². The van der Waals surface area contributed by atoms with Gasteiger partial charge in [-0.1, -0.05) is 59.6 Å². The molecule has 1 heterocycles. The molecule has 0 unspecified atom stereocenters. The lowest BCUT2D eigenvalue weighted by molar-refractivity contribution is -0.117. The number of nitrogens with one attached hydrogen (secondary N) is 1. The van der Waals surface area contributed by atoms with Crippen LogP contribution in [-0.4, -0.2) is 48.4 Å². The Morgan fingerprint density at radius 3 is 2.12 bits per heavy atom. The molecular weight excluding hydrogens is 357 g/mol. The van der Waals surface area contributed by atoms with Crippen LogP contribution >= 0.6 is 23.2 Å². The second-order valence-electron chi connectivity index (χ2n) is 6.18. The Hall–Kier alpha value is -1.59. The number of halogens is 2. The fourth-order valence-corrected chi connectivity index (χ4v) is 3.44. The van der Waals surface area contributed by atoms with Gasteiger partial charge in [-0.3, -0.25) is 14.6 Å². The summed E-state index contributed by atoms with van der Waals surface area (Å²) < 4.78 is 0. The number of para-hydroxylation sites is 1. The van der Waals surface area contributed by atoms with Crippen molar-refractivity contribution in [3.05, 3.63) is 64.1 Å². The van der Waals surface area contributed by atoms with Crippen molar-refractivity contribution in [1.29, 1.82) is 0 Å². The number of piperazine rings is 1. The molecule has 0 radical (unpaired) electrons. The number of benzene rings is 2. The van der Waals surface area contributed by atoms with E-state index in [9.17, 15) is 4.79 Å². The number of rotatable bonds is 5. The fourth-order valence-electron chi connectivity index (χ4n) is 2.95. The van der Waals surface area contributed by atoms with Crippen LogP contribution in [0.1, 0.15) is 5.56 Å². The Bertz CT molecular complexity index is 696. The molecule has 1 N–H and O–H groups in total. The third-order valence-corrected chi connectivity index (χ3v) is 4.94. The molecule has 0 saturated carbocycles. The molecule has 0 aromatic heterocycles. The van der Waals surface area contributed by atoms with Crippen LogP contribution in [0.4, 0.5) is 5.69 Å². The smallest absolute Gasteiger partial charge is 0.238 e. The monoisotopic (exact) mass is 377 g/mol. The quantitative estimate of drug-likeness (QED) is 0.861. The summed E-state index contributed by atoms with van der Waals surface area (Å²) >= 11 is 12.2. The molecule has 4 nitrogen and oxygen atoms in total. The summed E-state index contributed by atoms with van der Waals surface area (Å²) in [6.07, 6.45) is 0. The molecule has 0 bridgehead atoms. The van der Waals surface area contributed by atoms with E-state index in [1.54, 1.807) is 18.2 Å². The molecule has 132 valence electrons. The minimum Gasteiger partial charge on any atom is -0.322 e. The Balaban J connectivity index is 1.46. The molecule has 0 spiro atoms. The number of carbonyl (C=O) groups is 1. The number of hydrogen-bond donors (Lipinski definition) is 1. The lowest BCUT2D eigenvalue weighted by Gasteiger charge is -2.34. The third kappa shape index (κ3) is 5.19. The first-order valence-corrected chi connectivity index (χ1v) is 9.10. The van der Waals surface area contributed by atoms with Crippen LogP contribution in [-0.2, 0) is 11.3 Å². The van der Waals surface area contributed by atoms with Gasteiger partial charge in [0.1, 0.15) is 0 Å². The summed E-state index contributed by atoms with van der Waals surface area (Å²) in [6.45, 7) is 4.95. The zero-order valence-corrected chi connectivity index (χ0v) is 15.4. The molecule has 0 atom stereocenters. The van der Waals surface area contributed by atoms with E-state index in [2.05, 4.69) is 39.4 Å². The molecule has 3 rings (SSSR count). The van der Waals surface area contributed by atoms with Gasteiger partial charge in [0.15, 0.2) is 0 Å². The molecule has 0 aliphatic carbocycles. The SMILES string of the molecule is O=C(CN1CCN(Cc2ccccc2)CC1)Nc1c(Cl)cccc1Cl. The second kappa shape index (κ2) is 8.68. The van der Waals surface area contributed by atoms with E-state index in [4.69, 9.17) is 23.2 Å². The fraction of sp³-hybridized carbons (Fsp3) is 0.316. The highest BCUT2D eigenvalue weighted by Gasteiger charge is 2.19. The Morgan fingerprint density at radius 1 is 0.880 bits per heavy atom. The molecule has 1 aliphatic rings. The lowest BCUT2D eigenvalue weighted by Crippen LogP contribution is -2.48. The van der Waals surface area contributed by atoms with Gasteiger partial charge in [-0.25, -0.2) is 0 Å². The Labute approximate surface area is 158 Å². The van der Waals surface area contributed by atoms with Crippen molar-refractivity contribution < 1.29 is 4.79 Å². The van der Waals surface area contributed by atoms with Crippen LogP contribution in [0.25, 0.3) is 0 Å². The topological polar surface area (TPSA) is 35.6 Å². The standard InChI is InChI=1S/C19H21Cl2N3O/c20-16-7-4-8-17(21)19(16)22-18(25)14-24-11-9-23(10-12-24)13-15-5-2-1-3-6-15/h1-8H,9-14H2,(H,22,25). The van der Waals surface area contributed by atoms with Crippen molar-refractivity contribution >= 4 is 34.8 Å². The summed E-state index contributed by atoms with van der Waals surface area (Å²) in [6, 6.07) is 15.6. The molecule has 1 fully saturated rings. The number of anilines is 1. The minimum atomic E-state index is -0.0912. The first kappa shape index (κ1) is 18.2. The average Bonchev–Trinajstić information content (AvgIpc) is 2.61. The first-order valence-electron chi connectivity index (χ1n) is 8.34. The second-order valence-corrected chi connectivity index (χ2v) is 7.00. The van der Waals surface area contributed by atoms with Gasteiger partial charge in [0.25, 0.3) is 0 Å². The summed E-state index contributed by atoms with van der Waals surface area (Å²) in [7, 11) is 0. The van der Waals surface area contributed by atoms with Gasteiger partial charge in [0.2, 0.25) is 5.91 Å². The lowest BCUT2D eigenvalue weighted by atomic mass is 10.2. The molecule has 6 heteroatoms. The molecule has 25 heavy (non-hydrogen) atoms. The van der Waals surface area contributed by atoms with Crippen molar-refractivity contribution in [3.8, 4) is 0 Å². The highest BCUT2D eigenvalue weighted by atomic mass is 35.5. The maximum atomic E-state index is 12.3. The maximum Gasteiger partial charge on any atom is 0.238 e. The van der Waals surface area contributed by atoms with Crippen LogP contribution in [0.2, 0.25) is 10.0 Å². The van der Waals surface area contributed by atoms with Gasteiger partial charge < -0.3 is 5.32 Å². The van der Waals surface area contributed by atoms with Crippen LogP contribution in [0, 0.1) is 0 Å². The molecular formula is C19H21Cl2N3O. The van der Waals surface area contributed by atoms with Crippen molar-refractivity contribution in [3.63, 3.8) is 0 Å². The summed E-state index contributed by atoms with van der Waals surface area (Å²) in [5, 5.41) is 3.72. The minimum absolute atomic E-state index is 0.0912. The van der Waals surface area contributed by atoms with E-state index in [0.29, 0.717) is 22.3 Å². The number of hydrogen-bond acceptors (Lipinski definition) is 3. The normalized spacial score (nSPS) is 15.9. The molecule has 2 aromatic carbocycles. The molecule has 2 aromatic rings. The zero-order valence-electron chi connectivity index (χ0n) is 13.9. The van der Waals surface area contributed by atoms with Gasteiger partial charge in [-0.15, -0.1) is 0 Å². The van der Waals surface area contributed by atoms with Crippen molar-refractivity contribution in [2.75, 3.05) is 38.0 Å². The van der Waals surface area contributed by atoms with Gasteiger partial charge in [0, 0.05) is 32.7 Å². The number of carbonyl (C=O) groups excluding carboxylic acids is 1. The van der Waals surface area contributed by atoms with E-state index < -0.39 is 0 Å². The summed E-state index contributed by atoms with van der Waals surface area (Å²) in [4.78, 5) is 16.8. The maximum absolute atomic E-state index is 12.3. The van der Waals surface area contributed by atoms with Crippen LogP contribution < -0.4 is 5.32 Å². The predicted octanol–water partition coefficient (Wildman–Crippen LogP) is 3.75. The van der Waals surface area contributed by atoms with Crippen molar-refractivity contribution in [2.45, 2.75) is 6.54 Å². The Kier molecular flexibility index (Phi) is 6.32. The van der Waals surface area contributed by atoms with Crippen molar-refractivity contribution in [2.24, 2.45) is 0 Å². The average molecular weight is 378 g/mol. The van der Waals surface area contributed by atoms with Crippen LogP contribution in [0.3, 0.4) is 0 Å². The van der Waals surface area contributed by atoms with E-state index >= 15 is 0 Å². The van der Waals surface area contributed by atoms with Gasteiger partial charge in [-0.2, -0.15) is 0 Å². The van der Waals surface area contributed by atoms with E-state index in [1.165, 1.54) is 5.56 Å². The molecule has 1 saturated heterocycles. The van der Waals surface area contributed by atoms with E-state index in [0.717, 1.165) is 32.7 Å². The van der Waals surface area contributed by atoms with Gasteiger partial charge >= 0.3 is 0 Å². The molecule has 1 aliphatic heterocycles. The van der Waals surface area contributed by atoms with Crippen LogP contribution in [0.15, 0.2) is 48.5 Å². The zero-order chi connectivity index (χ0) is 17.6. The number of nitrogens with zero attached hydrogens (tertiary/aromatic N) is 2. The highest BCUT2D eigenvalue weighted by molar-refractivity contribution is 6.39. The van der Waals surface area contributed by atoms with Gasteiger partial charge in [0.05, 0.1) is 22.3 Å².